The number of hydrogen-bond acceptors (Lipinski definition) is 5. The molecule has 0 radical (unpaired) electrons. The monoisotopic (exact) mass is 231 g/mol. The van der Waals surface area contributed by atoms with Gasteiger partial charge in [0.2, 0.25) is 5.95 Å². The summed E-state index contributed by atoms with van der Waals surface area (Å²) in [4.78, 5) is 10.7. The summed E-state index contributed by atoms with van der Waals surface area (Å²) in [7, 11) is 0. The molecular formula is C12H17N5. The van der Waals surface area contributed by atoms with E-state index < -0.39 is 0 Å². The van der Waals surface area contributed by atoms with Gasteiger partial charge in [0.1, 0.15) is 0 Å². The number of rotatable bonds is 3. The molecule has 5 nitrogen and oxygen atoms in total. The van der Waals surface area contributed by atoms with Crippen molar-refractivity contribution in [2.75, 3.05) is 25.0 Å². The van der Waals surface area contributed by atoms with Crippen LogP contribution in [0.2, 0.25) is 0 Å². The van der Waals surface area contributed by atoms with E-state index in [-0.39, 0.29) is 0 Å². The second-order valence-electron chi connectivity index (χ2n) is 4.44. The SMILES string of the molecule is Cc1cnc(NC2CCN(CC#N)CC2)nc1. The molecule has 1 aromatic heterocycles. The van der Waals surface area contributed by atoms with Crippen molar-refractivity contribution in [1.29, 1.82) is 5.26 Å². The number of anilines is 1. The molecule has 1 N–H and O–H groups in total. The second kappa shape index (κ2) is 5.60. The van der Waals surface area contributed by atoms with E-state index in [9.17, 15) is 0 Å². The number of piperidine rings is 1. The van der Waals surface area contributed by atoms with Crippen molar-refractivity contribution in [3.05, 3.63) is 18.0 Å². The van der Waals surface area contributed by atoms with Gasteiger partial charge in [-0.1, -0.05) is 0 Å². The molecule has 2 heterocycles. The zero-order valence-electron chi connectivity index (χ0n) is 10.1. The van der Waals surface area contributed by atoms with Gasteiger partial charge in [0, 0.05) is 31.5 Å². The predicted octanol–water partition coefficient (Wildman–Crippen LogP) is 1.18. The van der Waals surface area contributed by atoms with E-state index in [4.69, 9.17) is 5.26 Å². The molecule has 0 unspecified atom stereocenters. The van der Waals surface area contributed by atoms with Crippen LogP contribution < -0.4 is 5.32 Å². The lowest BCUT2D eigenvalue weighted by Gasteiger charge is -2.30. The van der Waals surface area contributed by atoms with Crippen molar-refractivity contribution in [2.45, 2.75) is 25.8 Å². The molecule has 0 atom stereocenters. The van der Waals surface area contributed by atoms with E-state index in [1.165, 1.54) is 0 Å². The lowest BCUT2D eigenvalue weighted by atomic mass is 10.1. The number of hydrogen-bond donors (Lipinski definition) is 1. The minimum atomic E-state index is 0.424. The third-order valence-electron chi connectivity index (χ3n) is 3.00. The Balaban J connectivity index is 1.82. The van der Waals surface area contributed by atoms with Crippen LogP contribution in [-0.4, -0.2) is 40.5 Å². The van der Waals surface area contributed by atoms with Crippen LogP contribution in [0.15, 0.2) is 12.4 Å². The Bertz CT molecular complexity index is 386. The molecule has 1 aromatic rings. The molecule has 17 heavy (non-hydrogen) atoms. The molecule has 1 saturated heterocycles. The highest BCUT2D eigenvalue weighted by molar-refractivity contribution is 5.26. The number of aromatic nitrogens is 2. The van der Waals surface area contributed by atoms with Crippen LogP contribution in [0.25, 0.3) is 0 Å². The molecule has 1 aliphatic rings. The Kier molecular flexibility index (Phi) is 3.89. The Morgan fingerprint density at radius 2 is 2.06 bits per heavy atom. The number of nitriles is 1. The molecule has 0 amide bonds. The fraction of sp³-hybridized carbons (Fsp3) is 0.583. The lowest BCUT2D eigenvalue weighted by Crippen LogP contribution is -2.39. The van der Waals surface area contributed by atoms with E-state index >= 15 is 0 Å². The number of aryl methyl sites for hydroxylation is 1. The first-order valence-electron chi connectivity index (χ1n) is 5.92. The largest absolute Gasteiger partial charge is 0.351 e. The summed E-state index contributed by atoms with van der Waals surface area (Å²) in [6.45, 7) is 4.45. The average molecular weight is 231 g/mol. The molecule has 0 aliphatic carbocycles. The summed E-state index contributed by atoms with van der Waals surface area (Å²) in [6, 6.07) is 2.61. The highest BCUT2D eigenvalue weighted by Gasteiger charge is 2.19. The topological polar surface area (TPSA) is 64.8 Å². The minimum Gasteiger partial charge on any atom is -0.351 e. The Morgan fingerprint density at radius 1 is 1.41 bits per heavy atom. The molecule has 0 spiro atoms. The van der Waals surface area contributed by atoms with Gasteiger partial charge in [0.05, 0.1) is 12.6 Å². The van der Waals surface area contributed by atoms with Crippen molar-refractivity contribution in [3.8, 4) is 6.07 Å². The molecule has 2 rings (SSSR count). The maximum absolute atomic E-state index is 8.62. The van der Waals surface area contributed by atoms with Crippen LogP contribution in [0.4, 0.5) is 5.95 Å². The first kappa shape index (κ1) is 11.8. The van der Waals surface area contributed by atoms with Gasteiger partial charge in [-0.25, -0.2) is 9.97 Å². The molecule has 90 valence electrons. The zero-order valence-corrected chi connectivity index (χ0v) is 10.1. The first-order chi connectivity index (χ1) is 8.28. The summed E-state index contributed by atoms with van der Waals surface area (Å²) in [5, 5.41) is 12.0. The van der Waals surface area contributed by atoms with Crippen molar-refractivity contribution in [3.63, 3.8) is 0 Å². The average Bonchev–Trinajstić information content (AvgIpc) is 2.35. The van der Waals surface area contributed by atoms with Gasteiger partial charge in [-0.05, 0) is 25.3 Å². The van der Waals surface area contributed by atoms with Gasteiger partial charge in [-0.2, -0.15) is 5.26 Å². The fourth-order valence-corrected chi connectivity index (χ4v) is 1.99. The third-order valence-corrected chi connectivity index (χ3v) is 3.00. The van der Waals surface area contributed by atoms with Gasteiger partial charge in [0.15, 0.2) is 0 Å². The smallest absolute Gasteiger partial charge is 0.222 e. The second-order valence-corrected chi connectivity index (χ2v) is 4.44. The molecular weight excluding hydrogens is 214 g/mol. The molecule has 1 fully saturated rings. The highest BCUT2D eigenvalue weighted by Crippen LogP contribution is 2.13. The first-order valence-corrected chi connectivity index (χ1v) is 5.92. The van der Waals surface area contributed by atoms with E-state index in [2.05, 4.69) is 26.3 Å². The van der Waals surface area contributed by atoms with E-state index in [0.717, 1.165) is 31.5 Å². The van der Waals surface area contributed by atoms with Gasteiger partial charge in [0.25, 0.3) is 0 Å². The van der Waals surface area contributed by atoms with Crippen molar-refractivity contribution in [1.82, 2.24) is 14.9 Å². The summed E-state index contributed by atoms with van der Waals surface area (Å²) in [5.41, 5.74) is 1.07. The molecule has 0 aromatic carbocycles. The number of nitrogens with zero attached hydrogens (tertiary/aromatic N) is 4. The third kappa shape index (κ3) is 3.40. The quantitative estimate of drug-likeness (QED) is 0.791. The van der Waals surface area contributed by atoms with E-state index in [1.54, 1.807) is 0 Å². The maximum atomic E-state index is 8.62. The minimum absolute atomic E-state index is 0.424. The molecule has 5 heteroatoms. The van der Waals surface area contributed by atoms with Gasteiger partial charge in [-0.15, -0.1) is 0 Å². The maximum Gasteiger partial charge on any atom is 0.222 e. The predicted molar refractivity (Wildman–Crippen MR) is 65.5 cm³/mol. The van der Waals surface area contributed by atoms with Gasteiger partial charge in [-0.3, -0.25) is 4.90 Å². The standard InChI is InChI=1S/C12H17N5/c1-10-8-14-12(15-9-10)16-11-2-5-17(6-3-11)7-4-13/h8-9,11H,2-3,5-7H2,1H3,(H,14,15,16). The lowest BCUT2D eigenvalue weighted by molar-refractivity contribution is 0.242. The summed E-state index contributed by atoms with van der Waals surface area (Å²) in [6.07, 6.45) is 5.72. The molecule has 1 aliphatic heterocycles. The molecule has 0 saturated carbocycles. The van der Waals surface area contributed by atoms with Crippen molar-refractivity contribution in [2.24, 2.45) is 0 Å². The van der Waals surface area contributed by atoms with E-state index in [0.29, 0.717) is 18.5 Å². The number of nitrogens with one attached hydrogen (secondary N) is 1. The van der Waals surface area contributed by atoms with Gasteiger partial charge >= 0.3 is 0 Å². The van der Waals surface area contributed by atoms with Crippen LogP contribution in [0.5, 0.6) is 0 Å². The summed E-state index contributed by atoms with van der Waals surface area (Å²) >= 11 is 0. The van der Waals surface area contributed by atoms with Crippen LogP contribution in [0.3, 0.4) is 0 Å². The Labute approximate surface area is 101 Å². The van der Waals surface area contributed by atoms with Crippen LogP contribution in [-0.2, 0) is 0 Å². The van der Waals surface area contributed by atoms with E-state index in [1.807, 2.05) is 19.3 Å². The normalized spacial score (nSPS) is 17.6. The van der Waals surface area contributed by atoms with Gasteiger partial charge < -0.3 is 5.32 Å². The van der Waals surface area contributed by atoms with Crippen LogP contribution in [0, 0.1) is 18.3 Å². The summed E-state index contributed by atoms with van der Waals surface area (Å²) < 4.78 is 0. The fourth-order valence-electron chi connectivity index (χ4n) is 1.99. The van der Waals surface area contributed by atoms with Crippen molar-refractivity contribution >= 4 is 5.95 Å². The van der Waals surface area contributed by atoms with Crippen molar-refractivity contribution < 1.29 is 0 Å². The number of likely N-dealkylation sites (tertiary alicyclic amines) is 1. The zero-order chi connectivity index (χ0) is 12.1. The Morgan fingerprint density at radius 3 is 2.65 bits per heavy atom. The van der Waals surface area contributed by atoms with Crippen LogP contribution in [0.1, 0.15) is 18.4 Å². The van der Waals surface area contributed by atoms with Crippen LogP contribution >= 0.6 is 0 Å². The Hall–Kier alpha value is -1.67. The summed E-state index contributed by atoms with van der Waals surface area (Å²) in [5.74, 6) is 0.703. The molecule has 0 bridgehead atoms. The highest BCUT2D eigenvalue weighted by atomic mass is 15.2.